The van der Waals surface area contributed by atoms with Crippen molar-refractivity contribution in [3.8, 4) is 11.5 Å². The van der Waals surface area contributed by atoms with Gasteiger partial charge in [0.2, 0.25) is 11.8 Å². The highest BCUT2D eigenvalue weighted by molar-refractivity contribution is 6.23. The van der Waals surface area contributed by atoms with Gasteiger partial charge in [0.15, 0.2) is 0 Å². The van der Waals surface area contributed by atoms with E-state index in [1.165, 1.54) is 25.4 Å². The van der Waals surface area contributed by atoms with Crippen molar-refractivity contribution in [1.29, 1.82) is 0 Å². The maximum Gasteiger partial charge on any atom is 0.391 e. The number of pyridine rings is 1. The van der Waals surface area contributed by atoms with Crippen molar-refractivity contribution >= 4 is 35.6 Å². The number of benzene rings is 2. The minimum atomic E-state index is -4.16. The van der Waals surface area contributed by atoms with Crippen LogP contribution in [0.3, 0.4) is 0 Å². The van der Waals surface area contributed by atoms with Gasteiger partial charge < -0.3 is 25.0 Å². The Morgan fingerprint density at radius 3 is 2.47 bits per heavy atom. The highest BCUT2D eigenvalue weighted by atomic mass is 19.4. The lowest BCUT2D eigenvalue weighted by atomic mass is 9.81. The van der Waals surface area contributed by atoms with E-state index < -0.39 is 41.8 Å². The first kappa shape index (κ1) is 42.6. The second-order valence-electron chi connectivity index (χ2n) is 15.2. The third-order valence-corrected chi connectivity index (χ3v) is 11.0. The van der Waals surface area contributed by atoms with E-state index in [0.717, 1.165) is 16.0 Å². The van der Waals surface area contributed by atoms with Crippen LogP contribution in [0.25, 0.3) is 6.08 Å². The highest BCUT2D eigenvalue weighted by Gasteiger charge is 2.44. The van der Waals surface area contributed by atoms with Crippen molar-refractivity contribution in [2.24, 2.45) is 11.8 Å². The number of amides is 5. The van der Waals surface area contributed by atoms with Crippen molar-refractivity contribution in [3.63, 3.8) is 0 Å². The van der Waals surface area contributed by atoms with Gasteiger partial charge in [-0.3, -0.25) is 28.9 Å². The number of hydrogen-bond donors (Lipinski definition) is 2. The standard InChI is InChI=1S/C44H48F3N5O7/c1-27-9-18-37(41(55)50-27)52-42(56)34-17-16-33(24-35(34)43(52)57)59-20-5-4-19-51(2)39(53)22-29-7-6-8-30(21-29)25-49-40(54)36-23-31(38(58-3)26-48-36)13-10-28-11-14-32(15-12-28)44(45,46)47/h6-8,10,13,16-17,21,23-24,26,28,32,37H,1,4-5,9,11-12,14-15,18-20,22,25H2,2-3H3,(H,49,54)(H,50,55)/b13-10+/t28-,32-,37?. The molecule has 2 aromatic carbocycles. The first-order valence-electron chi connectivity index (χ1n) is 19.7. The normalized spacial score (nSPS) is 19.4. The number of alkyl halides is 3. The summed E-state index contributed by atoms with van der Waals surface area (Å²) < 4.78 is 50.5. The molecule has 15 heteroatoms. The molecule has 1 saturated carbocycles. The maximum atomic E-state index is 13.1. The number of carbonyl (C=O) groups is 5. The summed E-state index contributed by atoms with van der Waals surface area (Å²) in [6, 6.07) is 12.8. The van der Waals surface area contributed by atoms with E-state index in [-0.39, 0.29) is 54.5 Å². The molecule has 2 fully saturated rings. The molecular formula is C44H48F3N5O7. The molecule has 59 heavy (non-hydrogen) atoms. The van der Waals surface area contributed by atoms with E-state index in [4.69, 9.17) is 9.47 Å². The smallest absolute Gasteiger partial charge is 0.391 e. The van der Waals surface area contributed by atoms with Crippen molar-refractivity contribution < 1.29 is 46.6 Å². The molecule has 1 atom stereocenters. The number of aromatic nitrogens is 1. The molecule has 3 aromatic rings. The number of nitrogens with one attached hydrogen (secondary N) is 2. The Labute approximate surface area is 340 Å². The number of unbranched alkanes of at least 4 members (excludes halogenated alkanes) is 1. The third kappa shape index (κ3) is 10.6. The molecule has 2 aliphatic heterocycles. The lowest BCUT2D eigenvalue weighted by molar-refractivity contribution is -0.183. The number of hydrogen-bond acceptors (Lipinski definition) is 8. The van der Waals surface area contributed by atoms with Crippen molar-refractivity contribution in [1.82, 2.24) is 25.4 Å². The molecule has 6 rings (SSSR count). The summed E-state index contributed by atoms with van der Waals surface area (Å²) in [4.78, 5) is 71.6. The van der Waals surface area contributed by atoms with E-state index in [9.17, 15) is 37.1 Å². The fourth-order valence-electron chi connectivity index (χ4n) is 7.58. The van der Waals surface area contributed by atoms with Crippen LogP contribution in [-0.2, 0) is 22.6 Å². The van der Waals surface area contributed by atoms with Crippen LogP contribution in [0.4, 0.5) is 13.2 Å². The summed E-state index contributed by atoms with van der Waals surface area (Å²) >= 11 is 0. The maximum absolute atomic E-state index is 13.1. The van der Waals surface area contributed by atoms with Gasteiger partial charge in [-0.15, -0.1) is 0 Å². The fraction of sp³-hybridized carbons (Fsp3) is 0.409. The number of halogens is 3. The zero-order chi connectivity index (χ0) is 42.3. The Hall–Kier alpha value is -5.99. The second-order valence-corrected chi connectivity index (χ2v) is 15.2. The number of methoxy groups -OCH3 is 1. The van der Waals surface area contributed by atoms with Gasteiger partial charge in [0.25, 0.3) is 17.7 Å². The molecule has 5 amide bonds. The van der Waals surface area contributed by atoms with Crippen molar-refractivity contribution in [3.05, 3.63) is 107 Å². The van der Waals surface area contributed by atoms with Gasteiger partial charge >= 0.3 is 6.18 Å². The summed E-state index contributed by atoms with van der Waals surface area (Å²) in [5, 5.41) is 5.48. The number of carbonyl (C=O) groups excluding carboxylic acids is 5. The number of likely N-dealkylation sites (N-methyl/N-ethyl adjacent to an activating group) is 1. The molecule has 12 nitrogen and oxygen atoms in total. The van der Waals surface area contributed by atoms with Gasteiger partial charge in [-0.2, -0.15) is 13.2 Å². The summed E-state index contributed by atoms with van der Waals surface area (Å²) in [5.74, 6) is -2.34. The SMILES string of the molecule is C=C1CCC(N2C(=O)c3ccc(OCCCCN(C)C(=O)Cc4cccc(CNC(=O)c5cc(/C=C/[C@H]6CC[C@H](C(F)(F)F)CC6)c(OC)cn5)c4)cc3C2=O)C(=O)N1. The lowest BCUT2D eigenvalue weighted by Crippen LogP contribution is -2.51. The summed E-state index contributed by atoms with van der Waals surface area (Å²) in [6.07, 6.45) is 4.27. The zero-order valence-electron chi connectivity index (χ0n) is 33.1. The van der Waals surface area contributed by atoms with Crippen LogP contribution in [0.5, 0.6) is 11.5 Å². The average Bonchev–Trinajstić information content (AvgIpc) is 3.46. The van der Waals surface area contributed by atoms with Crippen LogP contribution in [0.2, 0.25) is 0 Å². The minimum Gasteiger partial charge on any atom is -0.495 e. The monoisotopic (exact) mass is 815 g/mol. The molecule has 312 valence electrons. The molecule has 1 aliphatic carbocycles. The van der Waals surface area contributed by atoms with Gasteiger partial charge in [-0.25, -0.2) is 4.98 Å². The molecule has 3 heterocycles. The predicted molar refractivity (Wildman–Crippen MR) is 212 cm³/mol. The van der Waals surface area contributed by atoms with Crippen LogP contribution >= 0.6 is 0 Å². The molecule has 1 unspecified atom stereocenters. The van der Waals surface area contributed by atoms with Crippen LogP contribution in [0, 0.1) is 11.8 Å². The number of piperidine rings is 1. The summed E-state index contributed by atoms with van der Waals surface area (Å²) in [5.41, 5.74) is 3.33. The first-order chi connectivity index (χ1) is 28.2. The Balaban J connectivity index is 0.926. The van der Waals surface area contributed by atoms with Crippen LogP contribution < -0.4 is 20.1 Å². The summed E-state index contributed by atoms with van der Waals surface area (Å²) in [7, 11) is 3.21. The Morgan fingerprint density at radius 1 is 1.00 bits per heavy atom. The highest BCUT2D eigenvalue weighted by Crippen LogP contribution is 2.40. The van der Waals surface area contributed by atoms with Gasteiger partial charge in [0, 0.05) is 31.4 Å². The number of ether oxygens (including phenoxy) is 2. The number of allylic oxidation sites excluding steroid dienone is 2. The number of fused-ring (bicyclic) bond motifs is 1. The van der Waals surface area contributed by atoms with Crippen molar-refractivity contribution in [2.45, 2.75) is 76.6 Å². The Bertz CT molecular complexity index is 2130. The van der Waals surface area contributed by atoms with E-state index >= 15 is 0 Å². The van der Waals surface area contributed by atoms with Crippen LogP contribution in [0.15, 0.2) is 73.1 Å². The zero-order valence-corrected chi connectivity index (χ0v) is 33.1. The van der Waals surface area contributed by atoms with E-state index in [2.05, 4.69) is 22.2 Å². The molecule has 0 radical (unpaired) electrons. The molecule has 0 bridgehead atoms. The second kappa shape index (κ2) is 18.7. The van der Waals surface area contributed by atoms with E-state index in [1.54, 1.807) is 30.2 Å². The van der Waals surface area contributed by atoms with E-state index in [1.807, 2.05) is 30.3 Å². The molecule has 1 saturated heterocycles. The first-order valence-corrected chi connectivity index (χ1v) is 19.7. The summed E-state index contributed by atoms with van der Waals surface area (Å²) in [6.45, 7) is 4.76. The Morgan fingerprint density at radius 2 is 1.75 bits per heavy atom. The van der Waals surface area contributed by atoms with Crippen LogP contribution in [0.1, 0.15) is 99.3 Å². The molecule has 3 aliphatic rings. The fourth-order valence-corrected chi connectivity index (χ4v) is 7.58. The van der Waals surface area contributed by atoms with Gasteiger partial charge in [0.05, 0.1) is 43.4 Å². The quantitative estimate of drug-likeness (QED) is 0.128. The molecule has 1 aromatic heterocycles. The Kier molecular flexibility index (Phi) is 13.5. The number of nitrogens with zero attached hydrogens (tertiary/aromatic N) is 3. The average molecular weight is 816 g/mol. The van der Waals surface area contributed by atoms with Crippen LogP contribution in [-0.4, -0.2) is 83.8 Å². The number of imide groups is 1. The number of rotatable bonds is 15. The topological polar surface area (TPSA) is 147 Å². The predicted octanol–water partition coefficient (Wildman–Crippen LogP) is 6.65. The van der Waals surface area contributed by atoms with Gasteiger partial charge in [-0.1, -0.05) is 43.0 Å². The lowest BCUT2D eigenvalue weighted by Gasteiger charge is -2.29. The minimum absolute atomic E-state index is 0.00418. The van der Waals surface area contributed by atoms with E-state index in [0.29, 0.717) is 74.4 Å². The molecular weight excluding hydrogens is 768 g/mol. The van der Waals surface area contributed by atoms with Gasteiger partial charge in [0.1, 0.15) is 23.2 Å². The van der Waals surface area contributed by atoms with Gasteiger partial charge in [-0.05, 0) is 92.7 Å². The largest absolute Gasteiger partial charge is 0.495 e. The molecule has 0 spiro atoms. The van der Waals surface area contributed by atoms with Crippen molar-refractivity contribution in [2.75, 3.05) is 27.3 Å². The third-order valence-electron chi connectivity index (χ3n) is 11.0. The molecule has 2 N–H and O–H groups in total.